The first-order valence-electron chi connectivity index (χ1n) is 6.79. The number of anilines is 1. The normalized spacial score (nSPS) is 10.6. The Morgan fingerprint density at radius 1 is 1.10 bits per heavy atom. The lowest BCUT2D eigenvalue weighted by Crippen LogP contribution is -2.07. The summed E-state index contributed by atoms with van der Waals surface area (Å²) in [5.41, 5.74) is 4.09. The molecule has 0 fully saturated rings. The molecule has 2 aromatic rings. The summed E-state index contributed by atoms with van der Waals surface area (Å²) in [7, 11) is 1.62. The van der Waals surface area contributed by atoms with Crippen LogP contribution in [0.5, 0.6) is 5.75 Å². The van der Waals surface area contributed by atoms with Crippen LogP contribution in [0.1, 0.15) is 16.7 Å². The number of ether oxygens (including phenoxy) is 1. The van der Waals surface area contributed by atoms with Crippen LogP contribution in [0.4, 0.5) is 5.69 Å². The second-order valence-electron chi connectivity index (χ2n) is 4.90. The molecule has 0 radical (unpaired) electrons. The molecule has 21 heavy (non-hydrogen) atoms. The molecule has 0 aliphatic carbocycles. The maximum absolute atomic E-state index is 11.9. The molecule has 0 atom stereocenters. The summed E-state index contributed by atoms with van der Waals surface area (Å²) < 4.78 is 5.15. The zero-order valence-corrected chi connectivity index (χ0v) is 12.5. The summed E-state index contributed by atoms with van der Waals surface area (Å²) in [6, 6.07) is 13.4. The van der Waals surface area contributed by atoms with Crippen molar-refractivity contribution in [1.29, 1.82) is 0 Å². The van der Waals surface area contributed by atoms with Gasteiger partial charge in [-0.1, -0.05) is 18.2 Å². The van der Waals surface area contributed by atoms with Gasteiger partial charge in [-0.25, -0.2) is 0 Å². The summed E-state index contributed by atoms with van der Waals surface area (Å²) in [6.45, 7) is 4.07. The number of hydrogen-bond donors (Lipinski definition) is 1. The Morgan fingerprint density at radius 2 is 1.90 bits per heavy atom. The monoisotopic (exact) mass is 281 g/mol. The van der Waals surface area contributed by atoms with Crippen LogP contribution in [0.15, 0.2) is 48.5 Å². The Hall–Kier alpha value is -2.55. The van der Waals surface area contributed by atoms with Gasteiger partial charge in [0.05, 0.1) is 7.11 Å². The Kier molecular flexibility index (Phi) is 4.77. The molecule has 0 heterocycles. The Labute approximate surface area is 125 Å². The fraction of sp³-hybridized carbons (Fsp3) is 0.167. The molecule has 3 nitrogen and oxygen atoms in total. The lowest BCUT2D eigenvalue weighted by molar-refractivity contribution is -0.111. The second kappa shape index (κ2) is 6.75. The van der Waals surface area contributed by atoms with Crippen molar-refractivity contribution < 1.29 is 9.53 Å². The third-order valence-electron chi connectivity index (χ3n) is 3.30. The maximum atomic E-state index is 11.9. The number of benzene rings is 2. The SMILES string of the molecule is COc1cccc(/C=C/C(=O)Nc2ccc(C)c(C)c2)c1. The molecule has 0 saturated carbocycles. The van der Waals surface area contributed by atoms with E-state index in [0.29, 0.717) is 0 Å². The van der Waals surface area contributed by atoms with Gasteiger partial charge in [-0.2, -0.15) is 0 Å². The first kappa shape index (κ1) is 14.9. The van der Waals surface area contributed by atoms with E-state index in [1.54, 1.807) is 13.2 Å². The van der Waals surface area contributed by atoms with Gasteiger partial charge < -0.3 is 10.1 Å². The van der Waals surface area contributed by atoms with E-state index in [-0.39, 0.29) is 5.91 Å². The van der Waals surface area contributed by atoms with Crippen molar-refractivity contribution in [2.75, 3.05) is 12.4 Å². The maximum Gasteiger partial charge on any atom is 0.248 e. The number of nitrogens with one attached hydrogen (secondary N) is 1. The van der Waals surface area contributed by atoms with Crippen molar-refractivity contribution in [3.8, 4) is 5.75 Å². The molecule has 0 spiro atoms. The number of aryl methyl sites for hydroxylation is 2. The molecule has 2 aromatic carbocycles. The first-order valence-corrected chi connectivity index (χ1v) is 6.79. The minimum absolute atomic E-state index is 0.152. The van der Waals surface area contributed by atoms with Crippen molar-refractivity contribution in [3.05, 3.63) is 65.2 Å². The number of methoxy groups -OCH3 is 1. The molecule has 0 unspecified atom stereocenters. The smallest absolute Gasteiger partial charge is 0.248 e. The second-order valence-corrected chi connectivity index (χ2v) is 4.90. The summed E-state index contributed by atoms with van der Waals surface area (Å²) >= 11 is 0. The molecule has 0 aliphatic heterocycles. The van der Waals surface area contributed by atoms with Crippen LogP contribution in [0, 0.1) is 13.8 Å². The van der Waals surface area contributed by atoms with Crippen LogP contribution in [0.3, 0.4) is 0 Å². The van der Waals surface area contributed by atoms with Crippen molar-refractivity contribution in [1.82, 2.24) is 0 Å². The predicted molar refractivity (Wildman–Crippen MR) is 86.6 cm³/mol. The van der Waals surface area contributed by atoms with Crippen molar-refractivity contribution >= 4 is 17.7 Å². The zero-order chi connectivity index (χ0) is 15.2. The van der Waals surface area contributed by atoms with Crippen LogP contribution in [0.2, 0.25) is 0 Å². The van der Waals surface area contributed by atoms with Crippen molar-refractivity contribution in [2.24, 2.45) is 0 Å². The summed E-state index contributed by atoms with van der Waals surface area (Å²) in [5.74, 6) is 0.618. The van der Waals surface area contributed by atoms with Gasteiger partial charge in [-0.05, 0) is 60.9 Å². The third-order valence-corrected chi connectivity index (χ3v) is 3.30. The molecular weight excluding hydrogens is 262 g/mol. The van der Waals surface area contributed by atoms with E-state index < -0.39 is 0 Å². The van der Waals surface area contributed by atoms with Gasteiger partial charge in [0.1, 0.15) is 5.75 Å². The van der Waals surface area contributed by atoms with E-state index in [1.165, 1.54) is 11.6 Å². The van der Waals surface area contributed by atoms with Crippen LogP contribution < -0.4 is 10.1 Å². The largest absolute Gasteiger partial charge is 0.497 e. The highest BCUT2D eigenvalue weighted by molar-refractivity contribution is 6.02. The Bertz CT molecular complexity index is 675. The van der Waals surface area contributed by atoms with Gasteiger partial charge in [-0.15, -0.1) is 0 Å². The average molecular weight is 281 g/mol. The lowest BCUT2D eigenvalue weighted by atomic mass is 10.1. The molecule has 0 bridgehead atoms. The quantitative estimate of drug-likeness (QED) is 0.861. The van der Waals surface area contributed by atoms with Gasteiger partial charge in [-0.3, -0.25) is 4.79 Å². The molecule has 3 heteroatoms. The lowest BCUT2D eigenvalue weighted by Gasteiger charge is -2.05. The van der Waals surface area contributed by atoms with Gasteiger partial charge >= 0.3 is 0 Å². The highest BCUT2D eigenvalue weighted by Gasteiger charge is 2.00. The predicted octanol–water partition coefficient (Wildman–Crippen LogP) is 3.96. The average Bonchev–Trinajstić information content (AvgIpc) is 2.49. The van der Waals surface area contributed by atoms with E-state index in [2.05, 4.69) is 5.32 Å². The number of amides is 1. The van der Waals surface area contributed by atoms with Crippen molar-refractivity contribution in [2.45, 2.75) is 13.8 Å². The van der Waals surface area contributed by atoms with E-state index in [0.717, 1.165) is 22.6 Å². The molecule has 1 N–H and O–H groups in total. The molecule has 0 saturated heterocycles. The van der Waals surface area contributed by atoms with Crippen LogP contribution in [-0.4, -0.2) is 13.0 Å². The minimum atomic E-state index is -0.152. The summed E-state index contributed by atoms with van der Waals surface area (Å²) in [6.07, 6.45) is 3.28. The fourth-order valence-electron chi connectivity index (χ4n) is 1.92. The Balaban J connectivity index is 2.03. The minimum Gasteiger partial charge on any atom is -0.497 e. The van der Waals surface area contributed by atoms with Gasteiger partial charge in [0.2, 0.25) is 5.91 Å². The molecule has 2 rings (SSSR count). The standard InChI is InChI=1S/C18H19NO2/c1-13-7-9-16(11-14(13)2)19-18(20)10-8-15-5-4-6-17(12-15)21-3/h4-12H,1-3H3,(H,19,20)/b10-8+. The summed E-state index contributed by atoms with van der Waals surface area (Å²) in [4.78, 5) is 11.9. The Morgan fingerprint density at radius 3 is 2.62 bits per heavy atom. The van der Waals surface area contributed by atoms with Gasteiger partial charge in [0.15, 0.2) is 0 Å². The number of hydrogen-bond acceptors (Lipinski definition) is 2. The zero-order valence-electron chi connectivity index (χ0n) is 12.5. The topological polar surface area (TPSA) is 38.3 Å². The fourth-order valence-corrected chi connectivity index (χ4v) is 1.92. The van der Waals surface area contributed by atoms with Gasteiger partial charge in [0.25, 0.3) is 0 Å². The van der Waals surface area contributed by atoms with Crippen LogP contribution >= 0.6 is 0 Å². The molecule has 108 valence electrons. The van der Waals surface area contributed by atoms with E-state index >= 15 is 0 Å². The molecule has 0 aliphatic rings. The summed E-state index contributed by atoms with van der Waals surface area (Å²) in [5, 5.41) is 2.85. The highest BCUT2D eigenvalue weighted by Crippen LogP contribution is 2.15. The third kappa shape index (κ3) is 4.21. The van der Waals surface area contributed by atoms with E-state index in [4.69, 9.17) is 4.74 Å². The van der Waals surface area contributed by atoms with Crippen LogP contribution in [0.25, 0.3) is 6.08 Å². The van der Waals surface area contributed by atoms with E-state index in [9.17, 15) is 4.79 Å². The first-order chi connectivity index (χ1) is 10.1. The molecular formula is C18H19NO2. The van der Waals surface area contributed by atoms with Gasteiger partial charge in [0, 0.05) is 11.8 Å². The highest BCUT2D eigenvalue weighted by atomic mass is 16.5. The number of rotatable bonds is 4. The number of carbonyl (C=O) groups excluding carboxylic acids is 1. The number of carbonyl (C=O) groups is 1. The molecule has 0 aromatic heterocycles. The molecule has 1 amide bonds. The van der Waals surface area contributed by atoms with Crippen LogP contribution in [-0.2, 0) is 4.79 Å². The van der Waals surface area contributed by atoms with Crippen molar-refractivity contribution in [3.63, 3.8) is 0 Å². The van der Waals surface area contributed by atoms with E-state index in [1.807, 2.05) is 56.3 Å².